The van der Waals surface area contributed by atoms with Crippen molar-refractivity contribution in [2.24, 2.45) is 0 Å². The van der Waals surface area contributed by atoms with E-state index in [0.717, 1.165) is 31.1 Å². The quantitative estimate of drug-likeness (QED) is 0.820. The van der Waals surface area contributed by atoms with Crippen LogP contribution in [0, 0.1) is 0 Å². The molecule has 1 aromatic heterocycles. The lowest BCUT2D eigenvalue weighted by Gasteiger charge is -2.48. The molecule has 2 saturated heterocycles. The van der Waals surface area contributed by atoms with Crippen LogP contribution in [0.25, 0.3) is 0 Å². The van der Waals surface area contributed by atoms with E-state index in [0.29, 0.717) is 16.7 Å². The second-order valence-corrected chi connectivity index (χ2v) is 6.32. The molecule has 0 N–H and O–H groups in total. The number of aromatic nitrogens is 2. The minimum Gasteiger partial charge on any atom is -0.481 e. The predicted octanol–water partition coefficient (Wildman–Crippen LogP) is 1.20. The highest BCUT2D eigenvalue weighted by Gasteiger charge is 2.49. The lowest BCUT2D eigenvalue weighted by Crippen LogP contribution is -2.59. The summed E-state index contributed by atoms with van der Waals surface area (Å²) in [5.41, 5.74) is 0. The molecule has 98 valence electrons. The lowest BCUT2D eigenvalue weighted by molar-refractivity contribution is 0.109. The Bertz CT molecular complexity index is 437. The first kappa shape index (κ1) is 12.0. The molecule has 3 rings (SSSR count). The number of anilines is 1. The Kier molecular flexibility index (Phi) is 3.07. The number of methoxy groups -OCH3 is 2. The van der Waals surface area contributed by atoms with Gasteiger partial charge in [0.05, 0.1) is 18.0 Å². The van der Waals surface area contributed by atoms with Gasteiger partial charge in [0.25, 0.3) is 0 Å². The number of hydrogen-bond acceptors (Lipinski definition) is 6. The molecular formula is C12H17N3O2S. The Hall–Kier alpha value is -1.01. The van der Waals surface area contributed by atoms with Crippen LogP contribution >= 0.6 is 11.8 Å². The molecule has 0 saturated carbocycles. The number of ether oxygens (including phenoxy) is 2. The van der Waals surface area contributed by atoms with Crippen molar-refractivity contribution in [1.82, 2.24) is 9.97 Å². The Labute approximate surface area is 111 Å². The van der Waals surface area contributed by atoms with Crippen molar-refractivity contribution in [1.29, 1.82) is 0 Å². The maximum atomic E-state index is 5.43. The first-order valence-electron chi connectivity index (χ1n) is 6.02. The van der Waals surface area contributed by atoms with Gasteiger partial charge >= 0.3 is 0 Å². The minimum atomic E-state index is 0.374. The highest BCUT2D eigenvalue weighted by molar-refractivity contribution is 8.01. The van der Waals surface area contributed by atoms with Crippen LogP contribution in [0.3, 0.4) is 0 Å². The first-order valence-corrected chi connectivity index (χ1v) is 7.01. The van der Waals surface area contributed by atoms with E-state index in [2.05, 4.69) is 14.9 Å². The standard InChI is InChI=1S/C12H17N3O2S/c1-16-9-4-12(18-5-9)6-15(7-12)10-3-11(17-2)14-8-13-10/h3,8-9H,4-7H2,1-2H3. The summed E-state index contributed by atoms with van der Waals surface area (Å²) in [6, 6.07) is 1.89. The van der Waals surface area contributed by atoms with Crippen LogP contribution < -0.4 is 9.64 Å². The van der Waals surface area contributed by atoms with E-state index in [4.69, 9.17) is 9.47 Å². The average Bonchev–Trinajstić information content (AvgIpc) is 2.81. The van der Waals surface area contributed by atoms with Crippen molar-refractivity contribution in [3.63, 3.8) is 0 Å². The lowest BCUT2D eigenvalue weighted by atomic mass is 9.93. The van der Waals surface area contributed by atoms with Crippen molar-refractivity contribution >= 4 is 17.6 Å². The van der Waals surface area contributed by atoms with Gasteiger partial charge in [0.15, 0.2) is 0 Å². The van der Waals surface area contributed by atoms with E-state index < -0.39 is 0 Å². The molecule has 0 radical (unpaired) electrons. The molecule has 0 aromatic carbocycles. The van der Waals surface area contributed by atoms with Crippen molar-refractivity contribution in [3.8, 4) is 5.88 Å². The molecule has 1 spiro atoms. The fourth-order valence-corrected chi connectivity index (χ4v) is 4.19. The zero-order valence-electron chi connectivity index (χ0n) is 10.6. The highest BCUT2D eigenvalue weighted by Crippen LogP contribution is 2.46. The molecule has 1 unspecified atom stereocenters. The summed E-state index contributed by atoms with van der Waals surface area (Å²) in [5, 5.41) is 0. The Morgan fingerprint density at radius 2 is 2.22 bits per heavy atom. The van der Waals surface area contributed by atoms with Gasteiger partial charge in [-0.15, -0.1) is 11.8 Å². The summed E-state index contributed by atoms with van der Waals surface area (Å²) in [6.45, 7) is 2.08. The maximum absolute atomic E-state index is 5.43. The van der Waals surface area contributed by atoms with Gasteiger partial charge in [0.2, 0.25) is 5.88 Å². The van der Waals surface area contributed by atoms with E-state index in [9.17, 15) is 0 Å². The first-order chi connectivity index (χ1) is 8.74. The second kappa shape index (κ2) is 4.59. The second-order valence-electron chi connectivity index (χ2n) is 4.83. The van der Waals surface area contributed by atoms with Gasteiger partial charge in [-0.2, -0.15) is 0 Å². The summed E-state index contributed by atoms with van der Waals surface area (Å²) in [4.78, 5) is 10.6. The molecule has 0 amide bonds. The largest absolute Gasteiger partial charge is 0.481 e. The van der Waals surface area contributed by atoms with Gasteiger partial charge in [-0.25, -0.2) is 9.97 Å². The van der Waals surface area contributed by atoms with Crippen molar-refractivity contribution in [2.45, 2.75) is 17.3 Å². The maximum Gasteiger partial charge on any atom is 0.218 e. The SMILES string of the molecule is COc1cc(N2CC3(CC(OC)CS3)C2)ncn1. The van der Waals surface area contributed by atoms with E-state index >= 15 is 0 Å². The number of nitrogens with zero attached hydrogens (tertiary/aromatic N) is 3. The van der Waals surface area contributed by atoms with Crippen LogP contribution in [-0.2, 0) is 4.74 Å². The summed E-state index contributed by atoms with van der Waals surface area (Å²) >= 11 is 2.03. The number of hydrogen-bond donors (Lipinski definition) is 0. The Morgan fingerprint density at radius 1 is 1.39 bits per heavy atom. The van der Waals surface area contributed by atoms with E-state index in [-0.39, 0.29) is 0 Å². The minimum absolute atomic E-state index is 0.374. The molecule has 2 aliphatic heterocycles. The normalized spacial score (nSPS) is 25.2. The molecular weight excluding hydrogens is 250 g/mol. The van der Waals surface area contributed by atoms with Gasteiger partial charge in [-0.1, -0.05) is 0 Å². The van der Waals surface area contributed by atoms with Gasteiger partial charge < -0.3 is 14.4 Å². The molecule has 1 aromatic rings. The smallest absolute Gasteiger partial charge is 0.218 e. The molecule has 5 nitrogen and oxygen atoms in total. The van der Waals surface area contributed by atoms with E-state index in [1.807, 2.05) is 17.8 Å². The summed E-state index contributed by atoms with van der Waals surface area (Å²) < 4.78 is 10.9. The van der Waals surface area contributed by atoms with Crippen LogP contribution in [-0.4, -0.2) is 53.9 Å². The van der Waals surface area contributed by atoms with Gasteiger partial charge in [-0.05, 0) is 6.42 Å². The molecule has 6 heteroatoms. The molecule has 0 bridgehead atoms. The average molecular weight is 267 g/mol. The van der Waals surface area contributed by atoms with Crippen LogP contribution in [0.5, 0.6) is 5.88 Å². The molecule has 1 atom stereocenters. The van der Waals surface area contributed by atoms with Crippen LogP contribution in [0.2, 0.25) is 0 Å². The summed E-state index contributed by atoms with van der Waals surface area (Å²) in [5.74, 6) is 2.68. The van der Waals surface area contributed by atoms with Gasteiger partial charge in [-0.3, -0.25) is 0 Å². The molecule has 3 heterocycles. The summed E-state index contributed by atoms with van der Waals surface area (Å²) in [7, 11) is 3.43. The third kappa shape index (κ3) is 2.03. The van der Waals surface area contributed by atoms with Crippen LogP contribution in [0.4, 0.5) is 5.82 Å². The van der Waals surface area contributed by atoms with Crippen LogP contribution in [0.1, 0.15) is 6.42 Å². The van der Waals surface area contributed by atoms with E-state index in [1.165, 1.54) is 0 Å². The molecule has 2 aliphatic rings. The van der Waals surface area contributed by atoms with Gasteiger partial charge in [0, 0.05) is 32.0 Å². The number of rotatable bonds is 3. The fraction of sp³-hybridized carbons (Fsp3) is 0.667. The summed E-state index contributed by atoms with van der Waals surface area (Å²) in [6.07, 6.45) is 3.11. The Balaban J connectivity index is 1.65. The zero-order valence-corrected chi connectivity index (χ0v) is 11.4. The topological polar surface area (TPSA) is 47.5 Å². The molecule has 2 fully saturated rings. The Morgan fingerprint density at radius 3 is 2.89 bits per heavy atom. The van der Waals surface area contributed by atoms with Gasteiger partial charge in [0.1, 0.15) is 12.1 Å². The van der Waals surface area contributed by atoms with Crippen molar-refractivity contribution in [3.05, 3.63) is 12.4 Å². The highest BCUT2D eigenvalue weighted by atomic mass is 32.2. The zero-order chi connectivity index (χ0) is 12.6. The monoisotopic (exact) mass is 267 g/mol. The third-order valence-electron chi connectivity index (χ3n) is 3.63. The predicted molar refractivity (Wildman–Crippen MR) is 71.4 cm³/mol. The fourth-order valence-electron chi connectivity index (χ4n) is 2.60. The van der Waals surface area contributed by atoms with Crippen molar-refractivity contribution < 1.29 is 9.47 Å². The number of thioether (sulfide) groups is 1. The molecule has 0 aliphatic carbocycles. The van der Waals surface area contributed by atoms with Crippen LogP contribution in [0.15, 0.2) is 12.4 Å². The third-order valence-corrected chi connectivity index (χ3v) is 5.20. The molecule has 18 heavy (non-hydrogen) atoms. The van der Waals surface area contributed by atoms with Crippen molar-refractivity contribution in [2.75, 3.05) is 38.0 Å². The van der Waals surface area contributed by atoms with E-state index in [1.54, 1.807) is 20.5 Å².